The first-order chi connectivity index (χ1) is 7.47. The molecule has 1 heterocycles. The highest BCUT2D eigenvalue weighted by molar-refractivity contribution is 5.87. The smallest absolute Gasteiger partial charge is 0.266 e. The van der Waals surface area contributed by atoms with E-state index in [2.05, 4.69) is 5.29 Å². The molecule has 5 heteroatoms. The van der Waals surface area contributed by atoms with E-state index in [1.165, 1.54) is 5.01 Å². The molecule has 2 rings (SSSR count). The Morgan fingerprint density at radius 2 is 1.88 bits per heavy atom. The third-order valence-electron chi connectivity index (χ3n) is 4.23. The van der Waals surface area contributed by atoms with Crippen molar-refractivity contribution >= 4 is 5.71 Å². The van der Waals surface area contributed by atoms with E-state index in [1.807, 2.05) is 13.8 Å². The van der Waals surface area contributed by atoms with Gasteiger partial charge in [-0.1, -0.05) is 6.42 Å². The molecule has 0 aromatic rings. The summed E-state index contributed by atoms with van der Waals surface area (Å²) in [5.74, 6) is 0. The second-order valence-corrected chi connectivity index (χ2v) is 5.38. The monoisotopic (exact) mass is 225 g/mol. The molecule has 0 unspecified atom stereocenters. The Balaban J connectivity index is 2.48. The van der Waals surface area contributed by atoms with E-state index in [-0.39, 0.29) is 0 Å². The van der Waals surface area contributed by atoms with E-state index < -0.39 is 11.2 Å². The van der Waals surface area contributed by atoms with Crippen molar-refractivity contribution in [2.24, 2.45) is 5.29 Å². The van der Waals surface area contributed by atoms with Gasteiger partial charge in [-0.25, -0.2) is 0 Å². The van der Waals surface area contributed by atoms with E-state index in [1.54, 1.807) is 6.92 Å². The molecule has 2 aliphatic rings. The molecule has 1 fully saturated rings. The standard InChI is InChI=1S/C11H19N3O2/c1-9-10(2,3)14(12-15)11(13(9)16)7-5-4-6-8-11/h4-8H2,1-3H3. The van der Waals surface area contributed by atoms with Gasteiger partial charge in [-0.3, -0.25) is 0 Å². The van der Waals surface area contributed by atoms with Crippen LogP contribution < -0.4 is 0 Å². The highest BCUT2D eigenvalue weighted by Crippen LogP contribution is 2.43. The molecule has 0 aromatic heterocycles. The SMILES string of the molecule is CC1=[N+]([O-])C2(CCCCC2)N(N=O)C1(C)C. The Labute approximate surface area is 95.7 Å². The van der Waals surface area contributed by atoms with Crippen molar-refractivity contribution in [3.63, 3.8) is 0 Å². The average Bonchev–Trinajstić information content (AvgIpc) is 2.40. The van der Waals surface area contributed by atoms with Crippen molar-refractivity contribution in [2.75, 3.05) is 0 Å². The summed E-state index contributed by atoms with van der Waals surface area (Å²) in [6.45, 7) is 5.57. The van der Waals surface area contributed by atoms with Gasteiger partial charge in [0.25, 0.3) is 5.66 Å². The van der Waals surface area contributed by atoms with Crippen molar-refractivity contribution in [3.8, 4) is 0 Å². The van der Waals surface area contributed by atoms with Crippen LogP contribution in [0.3, 0.4) is 0 Å². The Morgan fingerprint density at radius 1 is 1.31 bits per heavy atom. The summed E-state index contributed by atoms with van der Waals surface area (Å²) < 4.78 is 1.04. The molecule has 90 valence electrons. The maximum atomic E-state index is 12.3. The molecule has 16 heavy (non-hydrogen) atoms. The molecule has 0 aromatic carbocycles. The van der Waals surface area contributed by atoms with Gasteiger partial charge in [-0.15, -0.1) is 4.91 Å². The molecule has 5 nitrogen and oxygen atoms in total. The van der Waals surface area contributed by atoms with Crippen LogP contribution >= 0.6 is 0 Å². The van der Waals surface area contributed by atoms with Crippen molar-refractivity contribution < 1.29 is 4.74 Å². The number of hydrogen-bond acceptors (Lipinski definition) is 3. The zero-order chi connectivity index (χ0) is 12.0. The zero-order valence-corrected chi connectivity index (χ0v) is 10.2. The molecular formula is C11H19N3O2. The molecule has 0 bridgehead atoms. The van der Waals surface area contributed by atoms with Crippen LogP contribution in [0.1, 0.15) is 52.9 Å². The lowest BCUT2D eigenvalue weighted by atomic mass is 9.88. The normalized spacial score (nSPS) is 27.6. The molecule has 1 spiro atoms. The summed E-state index contributed by atoms with van der Waals surface area (Å²) in [5, 5.41) is 16.9. The first-order valence-electron chi connectivity index (χ1n) is 5.92. The van der Waals surface area contributed by atoms with Gasteiger partial charge in [-0.2, -0.15) is 9.75 Å². The zero-order valence-electron chi connectivity index (χ0n) is 10.2. The largest absolute Gasteiger partial charge is 0.622 e. The van der Waals surface area contributed by atoms with Crippen molar-refractivity contribution in [2.45, 2.75) is 64.1 Å². The third-order valence-corrected chi connectivity index (χ3v) is 4.23. The number of rotatable bonds is 1. The number of hydrogen-bond donors (Lipinski definition) is 0. The molecule has 0 amide bonds. The van der Waals surface area contributed by atoms with Crippen LogP contribution in [-0.4, -0.2) is 26.7 Å². The van der Waals surface area contributed by atoms with Gasteiger partial charge in [0.2, 0.25) is 0 Å². The Kier molecular flexibility index (Phi) is 2.44. The summed E-state index contributed by atoms with van der Waals surface area (Å²) in [6, 6.07) is 0. The highest BCUT2D eigenvalue weighted by atomic mass is 16.5. The lowest BCUT2D eigenvalue weighted by Gasteiger charge is -2.38. The first-order valence-corrected chi connectivity index (χ1v) is 5.92. The van der Waals surface area contributed by atoms with Crippen LogP contribution in [0, 0.1) is 10.1 Å². The lowest BCUT2D eigenvalue weighted by Crippen LogP contribution is -2.54. The molecule has 0 atom stereocenters. The Morgan fingerprint density at radius 3 is 2.38 bits per heavy atom. The lowest BCUT2D eigenvalue weighted by molar-refractivity contribution is -0.575. The minimum absolute atomic E-state index is 0.555. The van der Waals surface area contributed by atoms with Crippen molar-refractivity contribution in [1.82, 2.24) is 5.01 Å². The fourth-order valence-electron chi connectivity index (χ4n) is 3.03. The van der Waals surface area contributed by atoms with Crippen LogP contribution in [0.4, 0.5) is 0 Å². The van der Waals surface area contributed by atoms with Crippen LogP contribution in [0.25, 0.3) is 0 Å². The second-order valence-electron chi connectivity index (χ2n) is 5.38. The van der Waals surface area contributed by atoms with Gasteiger partial charge < -0.3 is 5.21 Å². The summed E-state index contributed by atoms with van der Waals surface area (Å²) >= 11 is 0. The fraction of sp³-hybridized carbons (Fsp3) is 0.909. The minimum Gasteiger partial charge on any atom is -0.622 e. The predicted octanol–water partition coefficient (Wildman–Crippen LogP) is 2.39. The molecule has 1 aliphatic carbocycles. The summed E-state index contributed by atoms with van der Waals surface area (Å²) in [4.78, 5) is 11.1. The van der Waals surface area contributed by atoms with Crippen LogP contribution in [-0.2, 0) is 0 Å². The van der Waals surface area contributed by atoms with Crippen LogP contribution in [0.2, 0.25) is 0 Å². The van der Waals surface area contributed by atoms with Gasteiger partial charge in [0.15, 0.2) is 5.71 Å². The average molecular weight is 225 g/mol. The van der Waals surface area contributed by atoms with E-state index in [0.717, 1.165) is 36.8 Å². The van der Waals surface area contributed by atoms with E-state index in [0.29, 0.717) is 5.71 Å². The van der Waals surface area contributed by atoms with Crippen LogP contribution in [0.15, 0.2) is 5.29 Å². The van der Waals surface area contributed by atoms with Crippen molar-refractivity contribution in [3.05, 3.63) is 10.1 Å². The molecule has 0 radical (unpaired) electrons. The number of nitrogens with zero attached hydrogens (tertiary/aromatic N) is 3. The summed E-state index contributed by atoms with van der Waals surface area (Å²) in [7, 11) is 0. The summed E-state index contributed by atoms with van der Waals surface area (Å²) in [5.41, 5.74) is -0.567. The molecule has 1 aliphatic heterocycles. The highest BCUT2D eigenvalue weighted by Gasteiger charge is 2.61. The predicted molar refractivity (Wildman–Crippen MR) is 61.8 cm³/mol. The Bertz CT molecular complexity index is 343. The van der Waals surface area contributed by atoms with E-state index in [4.69, 9.17) is 0 Å². The van der Waals surface area contributed by atoms with Gasteiger partial charge in [0.05, 0.1) is 5.29 Å². The van der Waals surface area contributed by atoms with E-state index >= 15 is 0 Å². The van der Waals surface area contributed by atoms with Gasteiger partial charge in [-0.05, 0) is 26.7 Å². The minimum atomic E-state index is -0.701. The number of nitroso groups, excluding NO2 is 1. The third kappa shape index (κ3) is 1.20. The molecule has 1 saturated carbocycles. The van der Waals surface area contributed by atoms with Crippen LogP contribution in [0.5, 0.6) is 0 Å². The quantitative estimate of drug-likeness (QED) is 0.391. The topological polar surface area (TPSA) is 58.7 Å². The van der Waals surface area contributed by atoms with E-state index in [9.17, 15) is 10.1 Å². The van der Waals surface area contributed by atoms with Gasteiger partial charge in [0, 0.05) is 19.8 Å². The number of hydroxylamine groups is 1. The van der Waals surface area contributed by atoms with Gasteiger partial charge >= 0.3 is 0 Å². The molecular weight excluding hydrogens is 206 g/mol. The fourth-order valence-corrected chi connectivity index (χ4v) is 3.03. The maximum absolute atomic E-state index is 12.3. The first kappa shape index (κ1) is 11.4. The Hall–Kier alpha value is -1.13. The molecule has 0 saturated heterocycles. The van der Waals surface area contributed by atoms with Crippen molar-refractivity contribution in [1.29, 1.82) is 0 Å². The maximum Gasteiger partial charge on any atom is 0.266 e. The van der Waals surface area contributed by atoms with Gasteiger partial charge in [0.1, 0.15) is 5.54 Å². The second kappa shape index (κ2) is 3.43. The summed E-state index contributed by atoms with van der Waals surface area (Å²) in [6.07, 6.45) is 4.61. The molecule has 0 N–H and O–H groups in total.